The molecule has 9 nitrogen and oxygen atoms in total. The molecular weight excluding hydrogens is 534 g/mol. The summed E-state index contributed by atoms with van der Waals surface area (Å²) in [4.78, 5) is 42.7. The Morgan fingerprint density at radius 3 is 2.19 bits per heavy atom. The van der Waals surface area contributed by atoms with Crippen molar-refractivity contribution < 1.29 is 29.3 Å². The fourth-order valence-corrected chi connectivity index (χ4v) is 6.64. The van der Waals surface area contributed by atoms with Crippen LogP contribution in [0, 0.1) is 5.92 Å². The smallest absolute Gasteiger partial charge is 0.335 e. The highest BCUT2D eigenvalue weighted by Crippen LogP contribution is 2.35. The lowest BCUT2D eigenvalue weighted by atomic mass is 9.79. The monoisotopic (exact) mass is 577 g/mol. The normalized spacial score (nSPS) is 22.2. The van der Waals surface area contributed by atoms with E-state index >= 15 is 0 Å². The second-order valence-electron chi connectivity index (χ2n) is 12.0. The number of aromatic carboxylic acids is 1. The van der Waals surface area contributed by atoms with Crippen molar-refractivity contribution in [2.24, 2.45) is 5.92 Å². The van der Waals surface area contributed by atoms with Crippen LogP contribution in [0.2, 0.25) is 0 Å². The van der Waals surface area contributed by atoms with Gasteiger partial charge in [-0.2, -0.15) is 0 Å². The number of nitrogens with zero attached hydrogens (tertiary/aromatic N) is 2. The maximum Gasteiger partial charge on any atom is 0.335 e. The molecule has 3 aliphatic rings. The van der Waals surface area contributed by atoms with E-state index in [1.165, 1.54) is 5.56 Å². The molecule has 2 aromatic rings. The summed E-state index contributed by atoms with van der Waals surface area (Å²) in [5.41, 5.74) is 2.82. The van der Waals surface area contributed by atoms with Gasteiger partial charge in [0, 0.05) is 39.4 Å². The third kappa shape index (κ3) is 6.53. The summed E-state index contributed by atoms with van der Waals surface area (Å²) in [6.07, 6.45) is 4.09. The van der Waals surface area contributed by atoms with E-state index in [1.807, 2.05) is 12.1 Å². The van der Waals surface area contributed by atoms with E-state index in [0.717, 1.165) is 36.9 Å². The summed E-state index contributed by atoms with van der Waals surface area (Å²) < 4.78 is 5.43. The number of likely N-dealkylation sites (tertiary alicyclic amines) is 1. The van der Waals surface area contributed by atoms with Gasteiger partial charge in [0.25, 0.3) is 0 Å². The molecule has 3 N–H and O–H groups in total. The molecule has 2 atom stereocenters. The summed E-state index contributed by atoms with van der Waals surface area (Å²) in [7, 11) is 0. The fourth-order valence-electron chi connectivity index (χ4n) is 6.64. The highest BCUT2D eigenvalue weighted by atomic mass is 16.5. The topological polar surface area (TPSA) is 119 Å². The highest BCUT2D eigenvalue weighted by molar-refractivity contribution is 6.00. The van der Waals surface area contributed by atoms with E-state index in [0.29, 0.717) is 58.5 Å². The molecule has 0 unspecified atom stereocenters. The number of aliphatic hydroxyl groups is 1. The van der Waals surface area contributed by atoms with Gasteiger partial charge in [0.05, 0.1) is 11.7 Å². The number of carbonyl (C=O) groups is 3. The Hall–Kier alpha value is -3.27. The number of hydrogen-bond acceptors (Lipinski definition) is 6. The van der Waals surface area contributed by atoms with Gasteiger partial charge in [-0.3, -0.25) is 14.5 Å². The van der Waals surface area contributed by atoms with Crippen molar-refractivity contribution in [3.63, 3.8) is 0 Å². The van der Waals surface area contributed by atoms with E-state index in [2.05, 4.69) is 41.4 Å². The molecule has 0 radical (unpaired) electrons. The minimum atomic E-state index is -0.924. The van der Waals surface area contributed by atoms with Gasteiger partial charge >= 0.3 is 5.97 Å². The van der Waals surface area contributed by atoms with Gasteiger partial charge in [-0.1, -0.05) is 49.7 Å². The summed E-state index contributed by atoms with van der Waals surface area (Å²) in [6, 6.07) is 14.5. The number of piperazine rings is 1. The SMILES string of the molecule is CCCCN1C(=O)[C@@H]([C@H](O)C2CCOCC2)NC(=O)C12CCN(Cc1ccc(Cc3ccc(C(=O)O)cc3)cc1)CC2. The summed E-state index contributed by atoms with van der Waals surface area (Å²) in [6.45, 7) is 5.92. The molecule has 226 valence electrons. The average molecular weight is 578 g/mol. The maximum atomic E-state index is 13.8. The standard InChI is InChI=1S/C33H43N3O6/c1-2-3-16-36-30(38)28(29(37)26-12-19-42-20-13-26)34-32(41)33(36)14-17-35(18-15-33)22-25-6-4-23(5-7-25)21-24-8-10-27(11-9-24)31(39)40/h4-11,26,28-29,37H,2-3,12-22H2,1H3,(H,34,41)(H,39,40)/t28-,29-/m1/s1. The number of ether oxygens (including phenoxy) is 1. The number of aliphatic hydroxyl groups excluding tert-OH is 1. The van der Waals surface area contributed by atoms with Crippen LogP contribution in [0.4, 0.5) is 0 Å². The molecule has 0 saturated carbocycles. The average Bonchev–Trinajstić information content (AvgIpc) is 3.01. The summed E-state index contributed by atoms with van der Waals surface area (Å²) in [5, 5.41) is 23.2. The van der Waals surface area contributed by atoms with Crippen molar-refractivity contribution in [1.29, 1.82) is 0 Å². The van der Waals surface area contributed by atoms with Crippen LogP contribution in [-0.4, -0.2) is 88.3 Å². The number of carboxylic acids is 1. The molecule has 3 heterocycles. The predicted molar refractivity (Wildman–Crippen MR) is 158 cm³/mol. The van der Waals surface area contributed by atoms with Gasteiger partial charge in [0.15, 0.2) is 0 Å². The number of benzene rings is 2. The number of amides is 2. The zero-order valence-electron chi connectivity index (χ0n) is 24.5. The Morgan fingerprint density at radius 1 is 1.00 bits per heavy atom. The lowest BCUT2D eigenvalue weighted by molar-refractivity contribution is -0.166. The fraction of sp³-hybridized carbons (Fsp3) is 0.545. The lowest BCUT2D eigenvalue weighted by Crippen LogP contribution is -2.75. The molecule has 1 spiro atoms. The number of hydrogen-bond donors (Lipinski definition) is 3. The van der Waals surface area contributed by atoms with Gasteiger partial charge in [0.1, 0.15) is 11.6 Å². The molecule has 3 fully saturated rings. The third-order valence-electron chi connectivity index (χ3n) is 9.31. The Morgan fingerprint density at radius 2 is 1.60 bits per heavy atom. The van der Waals surface area contributed by atoms with Gasteiger partial charge in [0.2, 0.25) is 11.8 Å². The Labute approximate surface area is 247 Å². The number of nitrogens with one attached hydrogen (secondary N) is 1. The third-order valence-corrected chi connectivity index (χ3v) is 9.31. The van der Waals surface area contributed by atoms with Crippen molar-refractivity contribution in [1.82, 2.24) is 15.1 Å². The van der Waals surface area contributed by atoms with Crippen LogP contribution >= 0.6 is 0 Å². The Bertz CT molecular complexity index is 1230. The zero-order chi connectivity index (χ0) is 29.7. The molecule has 0 bridgehead atoms. The molecule has 3 aliphatic heterocycles. The molecule has 0 aliphatic carbocycles. The molecular formula is C33H43N3O6. The predicted octanol–water partition coefficient (Wildman–Crippen LogP) is 3.22. The molecule has 3 saturated heterocycles. The first-order valence-electron chi connectivity index (χ1n) is 15.3. The number of carboxylic acid groups (broad SMARTS) is 1. The molecule has 2 amide bonds. The van der Waals surface area contributed by atoms with E-state index in [9.17, 15) is 19.5 Å². The van der Waals surface area contributed by atoms with Gasteiger partial charge in [-0.25, -0.2) is 4.79 Å². The largest absolute Gasteiger partial charge is 0.478 e. The molecule has 2 aromatic carbocycles. The van der Waals surface area contributed by atoms with Gasteiger partial charge < -0.3 is 25.2 Å². The quantitative estimate of drug-likeness (QED) is 0.397. The van der Waals surface area contributed by atoms with E-state index < -0.39 is 23.7 Å². The molecule has 9 heteroatoms. The van der Waals surface area contributed by atoms with Crippen molar-refractivity contribution in [2.75, 3.05) is 32.8 Å². The number of carbonyl (C=O) groups excluding carboxylic acids is 2. The van der Waals surface area contributed by atoms with Gasteiger partial charge in [-0.15, -0.1) is 0 Å². The van der Waals surface area contributed by atoms with Crippen molar-refractivity contribution in [3.8, 4) is 0 Å². The second-order valence-corrected chi connectivity index (χ2v) is 12.0. The van der Waals surface area contributed by atoms with Crippen LogP contribution in [0.15, 0.2) is 48.5 Å². The zero-order valence-corrected chi connectivity index (χ0v) is 24.5. The van der Waals surface area contributed by atoms with E-state index in [-0.39, 0.29) is 23.3 Å². The second kappa shape index (κ2) is 13.4. The van der Waals surface area contributed by atoms with E-state index in [1.54, 1.807) is 17.0 Å². The van der Waals surface area contributed by atoms with E-state index in [4.69, 9.17) is 9.84 Å². The van der Waals surface area contributed by atoms with Crippen LogP contribution < -0.4 is 5.32 Å². The van der Waals surface area contributed by atoms with Crippen molar-refractivity contribution in [3.05, 3.63) is 70.8 Å². The first kappa shape index (κ1) is 30.2. The van der Waals surface area contributed by atoms with Gasteiger partial charge in [-0.05, 0) is 73.3 Å². The van der Waals surface area contributed by atoms with Crippen molar-refractivity contribution in [2.45, 2.75) is 76.1 Å². The Kier molecular flexibility index (Phi) is 9.60. The summed E-state index contributed by atoms with van der Waals surface area (Å²) >= 11 is 0. The maximum absolute atomic E-state index is 13.8. The molecule has 0 aromatic heterocycles. The minimum Gasteiger partial charge on any atom is -0.478 e. The van der Waals surface area contributed by atoms with Crippen LogP contribution in [0.3, 0.4) is 0 Å². The lowest BCUT2D eigenvalue weighted by Gasteiger charge is -2.52. The molecule has 5 rings (SSSR count). The molecule has 42 heavy (non-hydrogen) atoms. The first-order chi connectivity index (χ1) is 20.3. The van der Waals surface area contributed by atoms with Crippen molar-refractivity contribution >= 4 is 17.8 Å². The first-order valence-corrected chi connectivity index (χ1v) is 15.3. The minimum absolute atomic E-state index is 0.0548. The highest BCUT2D eigenvalue weighted by Gasteiger charge is 2.55. The Balaban J connectivity index is 1.20. The summed E-state index contributed by atoms with van der Waals surface area (Å²) in [5.74, 6) is -1.26. The number of piperidine rings is 1. The van der Waals surface area contributed by atoms with Crippen LogP contribution in [-0.2, 0) is 27.3 Å². The van der Waals surface area contributed by atoms with Crippen LogP contribution in [0.5, 0.6) is 0 Å². The van der Waals surface area contributed by atoms with Crippen LogP contribution in [0.25, 0.3) is 0 Å². The number of unbranched alkanes of at least 4 members (excludes halogenated alkanes) is 1. The van der Waals surface area contributed by atoms with Crippen LogP contribution in [0.1, 0.15) is 72.5 Å². The number of rotatable bonds is 10.